The van der Waals surface area contributed by atoms with E-state index >= 15 is 0 Å². The van der Waals surface area contributed by atoms with Crippen LogP contribution in [0.2, 0.25) is 0 Å². The first kappa shape index (κ1) is 55.8. The molecule has 0 saturated heterocycles. The van der Waals surface area contributed by atoms with E-state index in [4.69, 9.17) is 18.9 Å². The van der Waals surface area contributed by atoms with Crippen molar-refractivity contribution in [3.63, 3.8) is 0 Å². The van der Waals surface area contributed by atoms with Gasteiger partial charge in [-0.05, 0) is 101 Å². The molecule has 0 fully saturated rings. The lowest BCUT2D eigenvalue weighted by molar-refractivity contribution is 0.354. The molecule has 0 heterocycles. The zero-order chi connectivity index (χ0) is 53.9. The SMILES string of the molecule is CC(C)(C)c1ccc(Oc2cc(-c3ccccc3)c(Oc3ccc(C(C)(C)C)cc3C(C)(C)C)c(Oc3ccc(C(C)(C)C)cc3C(C)(C)C)c2Oc2ccc(C(C)(C)C)cc2C(C)(C)C)c(C(C)(C)C)c1. The molecule has 72 heavy (non-hydrogen) atoms. The van der Waals surface area contributed by atoms with Crippen molar-refractivity contribution in [3.8, 4) is 57.1 Å². The Morgan fingerprint density at radius 1 is 0.236 bits per heavy atom. The average Bonchev–Trinajstić information content (AvgIpc) is 3.23. The smallest absolute Gasteiger partial charge is 0.216 e. The van der Waals surface area contributed by atoms with E-state index in [-0.39, 0.29) is 43.3 Å². The van der Waals surface area contributed by atoms with Crippen molar-refractivity contribution in [2.45, 2.75) is 209 Å². The highest BCUT2D eigenvalue weighted by Gasteiger charge is 2.34. The molecule has 0 spiro atoms. The molecule has 0 unspecified atom stereocenters. The molecule has 6 aromatic carbocycles. The van der Waals surface area contributed by atoms with E-state index in [0.29, 0.717) is 34.5 Å². The second-order valence-electron chi connectivity index (χ2n) is 28.5. The van der Waals surface area contributed by atoms with Crippen LogP contribution in [0.1, 0.15) is 211 Å². The van der Waals surface area contributed by atoms with Crippen molar-refractivity contribution in [3.05, 3.63) is 154 Å². The normalized spacial score (nSPS) is 13.3. The van der Waals surface area contributed by atoms with Crippen LogP contribution >= 0.6 is 0 Å². The van der Waals surface area contributed by atoms with Crippen LogP contribution in [-0.4, -0.2) is 0 Å². The van der Waals surface area contributed by atoms with Gasteiger partial charge < -0.3 is 18.9 Å². The number of hydrogen-bond donors (Lipinski definition) is 0. The Hall–Kier alpha value is -5.48. The average molecular weight is 971 g/mol. The Bertz CT molecular complexity index is 2890. The quantitative estimate of drug-likeness (QED) is 0.145. The fourth-order valence-electron chi connectivity index (χ4n) is 8.93. The molecule has 4 heteroatoms. The van der Waals surface area contributed by atoms with Crippen molar-refractivity contribution in [1.29, 1.82) is 0 Å². The van der Waals surface area contributed by atoms with E-state index in [1.165, 1.54) is 22.3 Å². The third kappa shape index (κ3) is 12.8. The molecular weight excluding hydrogens is 881 g/mol. The summed E-state index contributed by atoms with van der Waals surface area (Å²) in [7, 11) is 0. The molecule has 4 nitrogen and oxygen atoms in total. The molecule has 0 atom stereocenters. The zero-order valence-corrected chi connectivity index (χ0v) is 49.0. The Morgan fingerprint density at radius 3 is 0.806 bits per heavy atom. The molecule has 6 rings (SSSR count). The molecule has 0 aliphatic heterocycles. The van der Waals surface area contributed by atoms with Crippen molar-refractivity contribution in [2.24, 2.45) is 0 Å². The minimum Gasteiger partial charge on any atom is -0.453 e. The fourth-order valence-corrected chi connectivity index (χ4v) is 8.93. The number of hydrogen-bond acceptors (Lipinski definition) is 4. The first-order valence-electron chi connectivity index (χ1n) is 26.3. The van der Waals surface area contributed by atoms with Gasteiger partial charge in [0.15, 0.2) is 11.5 Å². The van der Waals surface area contributed by atoms with Crippen LogP contribution in [0.3, 0.4) is 0 Å². The zero-order valence-electron chi connectivity index (χ0n) is 49.0. The molecule has 0 aromatic heterocycles. The van der Waals surface area contributed by atoms with Crippen LogP contribution in [0.5, 0.6) is 46.0 Å². The topological polar surface area (TPSA) is 36.9 Å². The van der Waals surface area contributed by atoms with Gasteiger partial charge in [0.2, 0.25) is 11.5 Å². The highest BCUT2D eigenvalue weighted by molar-refractivity contribution is 5.81. The highest BCUT2D eigenvalue weighted by atomic mass is 16.6. The van der Waals surface area contributed by atoms with Gasteiger partial charge in [-0.3, -0.25) is 0 Å². The molecule has 0 bridgehead atoms. The third-order valence-corrected chi connectivity index (χ3v) is 13.7. The first-order chi connectivity index (χ1) is 32.7. The van der Waals surface area contributed by atoms with E-state index in [1.807, 2.05) is 6.07 Å². The first-order valence-corrected chi connectivity index (χ1v) is 26.3. The van der Waals surface area contributed by atoms with Gasteiger partial charge in [-0.1, -0.05) is 245 Å². The maximum atomic E-state index is 7.69. The lowest BCUT2D eigenvalue weighted by Gasteiger charge is -2.31. The molecule has 0 N–H and O–H groups in total. The van der Waals surface area contributed by atoms with Crippen molar-refractivity contribution >= 4 is 0 Å². The molecule has 0 radical (unpaired) electrons. The van der Waals surface area contributed by atoms with Crippen LogP contribution < -0.4 is 18.9 Å². The van der Waals surface area contributed by atoms with Crippen LogP contribution in [0.25, 0.3) is 11.1 Å². The van der Waals surface area contributed by atoms with Gasteiger partial charge in [0.25, 0.3) is 0 Å². The van der Waals surface area contributed by atoms with Gasteiger partial charge >= 0.3 is 0 Å². The van der Waals surface area contributed by atoms with Gasteiger partial charge in [-0.25, -0.2) is 0 Å². The van der Waals surface area contributed by atoms with E-state index in [1.54, 1.807) is 0 Å². The molecule has 386 valence electrons. The van der Waals surface area contributed by atoms with Gasteiger partial charge in [0, 0.05) is 27.8 Å². The summed E-state index contributed by atoms with van der Waals surface area (Å²) in [6, 6.07) is 39.1. The van der Waals surface area contributed by atoms with Crippen LogP contribution in [0, 0.1) is 0 Å². The van der Waals surface area contributed by atoms with Crippen LogP contribution in [0.15, 0.2) is 109 Å². The van der Waals surface area contributed by atoms with E-state index < -0.39 is 0 Å². The number of rotatable bonds is 9. The minimum absolute atomic E-state index is 0.0693. The van der Waals surface area contributed by atoms with E-state index in [2.05, 4.69) is 269 Å². The summed E-state index contributed by atoms with van der Waals surface area (Å²) >= 11 is 0. The van der Waals surface area contributed by atoms with Gasteiger partial charge in [0.1, 0.15) is 23.0 Å². The summed E-state index contributed by atoms with van der Waals surface area (Å²) in [5.74, 6) is 4.79. The standard InChI is InChI=1S/C68H90O4/c1-61(2,3)44-30-34-53(49(38-44)65(13,14)15)69-57-42-48(43-28-26-25-27-29-43)58(70-54-35-31-45(62(4,5)6)39-50(54)66(16,17)18)60(72-56-37-33-47(64(10,11)12)41-52(56)68(22,23)24)59(57)71-55-36-32-46(63(7,8)9)40-51(55)67(19,20)21/h25-42H,1-24H3. The second-order valence-corrected chi connectivity index (χ2v) is 28.5. The van der Waals surface area contributed by atoms with Crippen molar-refractivity contribution in [1.82, 2.24) is 0 Å². The predicted octanol–water partition coefficient (Wildman–Crippen LogP) is 20.9. The van der Waals surface area contributed by atoms with Crippen LogP contribution in [0.4, 0.5) is 0 Å². The summed E-state index contributed by atoms with van der Waals surface area (Å²) in [6.07, 6.45) is 0. The van der Waals surface area contributed by atoms with Crippen molar-refractivity contribution < 1.29 is 18.9 Å². The Labute approximate surface area is 437 Å². The predicted molar refractivity (Wildman–Crippen MR) is 308 cm³/mol. The molecule has 0 amide bonds. The molecule has 0 aliphatic rings. The summed E-state index contributed by atoms with van der Waals surface area (Å²) in [5, 5.41) is 0. The Kier molecular flexibility index (Phi) is 15.1. The molecule has 0 saturated carbocycles. The largest absolute Gasteiger partial charge is 0.453 e. The minimum atomic E-state index is -0.296. The summed E-state index contributed by atoms with van der Waals surface area (Å²) in [4.78, 5) is 0. The second kappa shape index (κ2) is 19.4. The fraction of sp³-hybridized carbons (Fsp3) is 0.471. The Morgan fingerprint density at radius 2 is 0.514 bits per heavy atom. The maximum absolute atomic E-state index is 7.69. The number of benzene rings is 6. The molecule has 0 aliphatic carbocycles. The monoisotopic (exact) mass is 971 g/mol. The summed E-state index contributed by atoms with van der Waals surface area (Å²) < 4.78 is 30.4. The lowest BCUT2D eigenvalue weighted by atomic mass is 9.80. The number of ether oxygens (including phenoxy) is 4. The molecule has 6 aromatic rings. The van der Waals surface area contributed by atoms with Gasteiger partial charge in [-0.2, -0.15) is 0 Å². The van der Waals surface area contributed by atoms with E-state index in [9.17, 15) is 0 Å². The van der Waals surface area contributed by atoms with Gasteiger partial charge in [-0.15, -0.1) is 0 Å². The van der Waals surface area contributed by atoms with Crippen LogP contribution in [-0.2, 0) is 43.3 Å². The summed E-state index contributed by atoms with van der Waals surface area (Å²) in [5.41, 5.74) is 9.58. The highest BCUT2D eigenvalue weighted by Crippen LogP contribution is 2.58. The maximum Gasteiger partial charge on any atom is 0.216 e. The van der Waals surface area contributed by atoms with Gasteiger partial charge in [0.05, 0.1) is 0 Å². The van der Waals surface area contributed by atoms with Crippen molar-refractivity contribution in [2.75, 3.05) is 0 Å². The lowest BCUT2D eigenvalue weighted by Crippen LogP contribution is -2.18. The third-order valence-electron chi connectivity index (χ3n) is 13.7. The molecular formula is C68H90O4. The van der Waals surface area contributed by atoms with E-state index in [0.717, 1.165) is 44.9 Å². The Balaban J connectivity index is 1.85. The summed E-state index contributed by atoms with van der Waals surface area (Å²) in [6.45, 7) is 54.1.